The first kappa shape index (κ1) is 32.8. The van der Waals surface area contributed by atoms with Crippen molar-refractivity contribution in [3.63, 3.8) is 0 Å². The van der Waals surface area contributed by atoms with Gasteiger partial charge in [-0.2, -0.15) is 0 Å². The number of hydrogen-bond donors (Lipinski definition) is 1. The third kappa shape index (κ3) is 7.01. The molecule has 5 atom stereocenters. The topological polar surface area (TPSA) is 136 Å². The highest BCUT2D eigenvalue weighted by molar-refractivity contribution is 6.48. The maximum absolute atomic E-state index is 12.9. The van der Waals surface area contributed by atoms with Crippen molar-refractivity contribution in [3.8, 4) is 5.75 Å². The number of para-hydroxylation sites is 1. The first-order valence-corrected chi connectivity index (χ1v) is 15.1. The summed E-state index contributed by atoms with van der Waals surface area (Å²) in [6.45, 7) is 7.95. The highest BCUT2D eigenvalue weighted by Crippen LogP contribution is 2.65. The molecule has 12 heteroatoms. The van der Waals surface area contributed by atoms with Crippen LogP contribution in [0.2, 0.25) is 0 Å². The summed E-state index contributed by atoms with van der Waals surface area (Å²) in [5.74, 6) is -0.997. The van der Waals surface area contributed by atoms with Crippen LogP contribution >= 0.6 is 0 Å². The fraction of sp³-hybridized carbons (Fsp3) is 0.677. The molecule has 1 N–H and O–H groups in total. The summed E-state index contributed by atoms with van der Waals surface area (Å²) in [5, 5.41) is 3.07. The van der Waals surface area contributed by atoms with Gasteiger partial charge in [0.05, 0.1) is 31.9 Å². The molecule has 2 bridgehead atoms. The third-order valence-electron chi connectivity index (χ3n) is 9.57. The molecule has 4 fully saturated rings. The number of carbonyl (C=O) groups excluding carboxylic acids is 4. The lowest BCUT2D eigenvalue weighted by Crippen LogP contribution is -2.65. The number of methoxy groups -OCH3 is 2. The molecule has 43 heavy (non-hydrogen) atoms. The molecule has 0 radical (unpaired) electrons. The minimum Gasteiger partial charge on any atom is -0.496 e. The van der Waals surface area contributed by atoms with E-state index in [1.165, 1.54) is 14.2 Å². The first-order valence-electron chi connectivity index (χ1n) is 15.1. The summed E-state index contributed by atoms with van der Waals surface area (Å²) < 4.78 is 33.6. The molecule has 0 spiro atoms. The molecule has 1 heterocycles. The molecule has 3 aliphatic carbocycles. The van der Waals surface area contributed by atoms with Gasteiger partial charge in [-0.15, -0.1) is 0 Å². The zero-order valence-electron chi connectivity index (χ0n) is 26.1. The van der Waals surface area contributed by atoms with Crippen LogP contribution in [-0.4, -0.2) is 69.6 Å². The van der Waals surface area contributed by atoms with Crippen molar-refractivity contribution in [2.45, 2.75) is 96.7 Å². The van der Waals surface area contributed by atoms with Crippen molar-refractivity contribution in [1.82, 2.24) is 5.32 Å². The highest BCUT2D eigenvalue weighted by atomic mass is 16.7. The van der Waals surface area contributed by atoms with Crippen molar-refractivity contribution < 1.29 is 47.4 Å². The molecule has 5 unspecified atom stereocenters. The first-order chi connectivity index (χ1) is 20.4. The van der Waals surface area contributed by atoms with Gasteiger partial charge in [0.1, 0.15) is 11.3 Å². The van der Waals surface area contributed by atoms with Crippen LogP contribution in [0, 0.1) is 17.3 Å². The Labute approximate surface area is 253 Å². The molecule has 236 valence electrons. The quantitative estimate of drug-likeness (QED) is 0.145. The predicted molar refractivity (Wildman–Crippen MR) is 156 cm³/mol. The molecular weight excluding hydrogens is 557 g/mol. The van der Waals surface area contributed by atoms with Gasteiger partial charge in [-0.05, 0) is 67.9 Å². The SMILES string of the molecule is CCC(=O)NC(Cc1cccc(C(=O)OCOC(=O)CCCCC(=O)OC)c1OC)B1OC2CC3CC(C3(C)C)C2(C)O1. The lowest BCUT2D eigenvalue weighted by atomic mass is 9.43. The van der Waals surface area contributed by atoms with E-state index in [0.717, 1.165) is 12.8 Å². The number of rotatable bonds is 14. The van der Waals surface area contributed by atoms with Crippen LogP contribution in [0.15, 0.2) is 18.2 Å². The van der Waals surface area contributed by atoms with E-state index in [4.69, 9.17) is 23.5 Å². The molecule has 0 aromatic heterocycles. The van der Waals surface area contributed by atoms with E-state index in [1.54, 1.807) is 19.1 Å². The summed E-state index contributed by atoms with van der Waals surface area (Å²) in [6, 6.07) is 5.08. The van der Waals surface area contributed by atoms with Gasteiger partial charge < -0.3 is 33.6 Å². The van der Waals surface area contributed by atoms with Crippen LogP contribution in [0.3, 0.4) is 0 Å². The Morgan fingerprint density at radius 2 is 1.77 bits per heavy atom. The molecule has 4 aliphatic rings. The second-order valence-corrected chi connectivity index (χ2v) is 12.4. The Kier molecular flexibility index (Phi) is 10.4. The van der Waals surface area contributed by atoms with Gasteiger partial charge >= 0.3 is 25.0 Å². The van der Waals surface area contributed by atoms with Crippen molar-refractivity contribution in [2.24, 2.45) is 17.3 Å². The lowest BCUT2D eigenvalue weighted by Gasteiger charge is -2.64. The minimum atomic E-state index is -0.722. The molecule has 1 saturated heterocycles. The second kappa shape index (κ2) is 13.7. The van der Waals surface area contributed by atoms with E-state index in [-0.39, 0.29) is 41.8 Å². The van der Waals surface area contributed by atoms with Gasteiger partial charge in [0, 0.05) is 19.3 Å². The van der Waals surface area contributed by atoms with Gasteiger partial charge in [-0.1, -0.05) is 32.9 Å². The molecule has 1 aliphatic heterocycles. The van der Waals surface area contributed by atoms with Crippen molar-refractivity contribution in [2.75, 3.05) is 21.0 Å². The van der Waals surface area contributed by atoms with Crippen LogP contribution < -0.4 is 10.1 Å². The molecular formula is C31H44BNO10. The number of ether oxygens (including phenoxy) is 4. The zero-order chi connectivity index (χ0) is 31.4. The van der Waals surface area contributed by atoms with E-state index >= 15 is 0 Å². The number of unbranched alkanes of at least 4 members (excludes halogenated alkanes) is 1. The molecule has 1 aromatic rings. The second-order valence-electron chi connectivity index (χ2n) is 12.4. The Hall–Kier alpha value is -3.12. The summed E-state index contributed by atoms with van der Waals surface area (Å²) in [7, 11) is 2.11. The van der Waals surface area contributed by atoms with Crippen LogP contribution in [0.5, 0.6) is 5.75 Å². The Morgan fingerprint density at radius 3 is 2.42 bits per heavy atom. The van der Waals surface area contributed by atoms with Crippen molar-refractivity contribution in [1.29, 1.82) is 0 Å². The number of esters is 3. The Balaban J connectivity index is 1.40. The van der Waals surface area contributed by atoms with Gasteiger partial charge in [0.2, 0.25) is 12.7 Å². The summed E-state index contributed by atoms with van der Waals surface area (Å²) >= 11 is 0. The largest absolute Gasteiger partial charge is 0.496 e. The van der Waals surface area contributed by atoms with Gasteiger partial charge in [-0.25, -0.2) is 4.79 Å². The zero-order valence-corrected chi connectivity index (χ0v) is 26.1. The maximum Gasteiger partial charge on any atom is 0.482 e. The molecule has 5 rings (SSSR count). The predicted octanol–water partition coefficient (Wildman–Crippen LogP) is 3.79. The maximum atomic E-state index is 12.9. The fourth-order valence-corrected chi connectivity index (χ4v) is 6.92. The average molecular weight is 602 g/mol. The van der Waals surface area contributed by atoms with Gasteiger partial charge in [0.15, 0.2) is 0 Å². The molecule has 1 aromatic carbocycles. The lowest BCUT2D eigenvalue weighted by molar-refractivity contribution is -0.199. The van der Waals surface area contributed by atoms with E-state index in [9.17, 15) is 19.2 Å². The monoisotopic (exact) mass is 601 g/mol. The number of hydrogen-bond acceptors (Lipinski definition) is 10. The standard InChI is InChI=1S/C31H44BNO10/c1-7-25(34)33-24(32-42-23-17-20-16-22(30(20,2)3)31(23,4)43-32)15-19-11-10-12-21(28(19)39-6)29(37)41-18-40-27(36)14-9-8-13-26(35)38-5/h10-12,20,22-24H,7-9,13-18H2,1-6H3,(H,33,34). The van der Waals surface area contributed by atoms with Crippen LogP contribution in [0.25, 0.3) is 0 Å². The highest BCUT2D eigenvalue weighted by Gasteiger charge is 2.68. The molecule has 1 amide bonds. The van der Waals surface area contributed by atoms with Gasteiger partial charge in [-0.3, -0.25) is 14.4 Å². The van der Waals surface area contributed by atoms with Gasteiger partial charge in [0.25, 0.3) is 0 Å². The minimum absolute atomic E-state index is 0.0472. The molecule has 3 saturated carbocycles. The number of amides is 1. The molecule has 11 nitrogen and oxygen atoms in total. The smallest absolute Gasteiger partial charge is 0.482 e. The van der Waals surface area contributed by atoms with Crippen molar-refractivity contribution in [3.05, 3.63) is 29.3 Å². The van der Waals surface area contributed by atoms with E-state index in [1.807, 2.05) is 6.07 Å². The number of benzene rings is 1. The third-order valence-corrected chi connectivity index (χ3v) is 9.57. The fourth-order valence-electron chi connectivity index (χ4n) is 6.92. The normalized spacial score (nSPS) is 25.5. The summed E-state index contributed by atoms with van der Waals surface area (Å²) in [4.78, 5) is 48.7. The van der Waals surface area contributed by atoms with E-state index in [0.29, 0.717) is 48.8 Å². The van der Waals surface area contributed by atoms with E-state index in [2.05, 4.69) is 30.8 Å². The van der Waals surface area contributed by atoms with Crippen LogP contribution in [-0.2, 0) is 44.3 Å². The Bertz CT molecular complexity index is 1210. The van der Waals surface area contributed by atoms with Crippen molar-refractivity contribution >= 4 is 30.9 Å². The summed E-state index contributed by atoms with van der Waals surface area (Å²) in [6.07, 6.45) is 3.82. The van der Waals surface area contributed by atoms with Crippen LogP contribution in [0.4, 0.5) is 0 Å². The average Bonchev–Trinajstić information content (AvgIpc) is 3.35. The number of carbonyl (C=O) groups is 4. The number of nitrogens with one attached hydrogen (secondary N) is 1. The summed E-state index contributed by atoms with van der Waals surface area (Å²) in [5.41, 5.74) is 0.568. The Morgan fingerprint density at radius 1 is 1.05 bits per heavy atom. The van der Waals surface area contributed by atoms with Crippen LogP contribution in [0.1, 0.15) is 88.6 Å². The van der Waals surface area contributed by atoms with E-state index < -0.39 is 37.4 Å².